The number of rotatable bonds is 1. The van der Waals surface area contributed by atoms with Gasteiger partial charge in [0.2, 0.25) is 0 Å². The Bertz CT molecular complexity index is 140. The topological polar surface area (TPSA) is 35.8 Å². The minimum absolute atomic E-state index is 0.306. The molecule has 1 N–H and O–H groups in total. The van der Waals surface area contributed by atoms with E-state index >= 15 is 0 Å². The first-order valence-electron chi connectivity index (χ1n) is 4.84. The lowest BCUT2D eigenvalue weighted by Gasteiger charge is -2.31. The van der Waals surface area contributed by atoms with E-state index in [4.69, 9.17) is 5.26 Å². The Balaban J connectivity index is 0.000000561. The third kappa shape index (κ3) is 3.73. The predicted molar refractivity (Wildman–Crippen MR) is 51.8 cm³/mol. The zero-order valence-electron chi connectivity index (χ0n) is 8.48. The predicted octanol–water partition coefficient (Wildman–Crippen LogP) is 2.32. The number of nitriles is 1. The third-order valence-electron chi connectivity index (χ3n) is 2.32. The van der Waals surface area contributed by atoms with Crippen molar-refractivity contribution in [3.63, 3.8) is 0 Å². The number of nitrogens with zero attached hydrogens (tertiary/aromatic N) is 1. The van der Waals surface area contributed by atoms with E-state index < -0.39 is 0 Å². The van der Waals surface area contributed by atoms with Gasteiger partial charge >= 0.3 is 0 Å². The van der Waals surface area contributed by atoms with Crippen molar-refractivity contribution in [1.82, 2.24) is 5.32 Å². The largest absolute Gasteiger partial charge is 0.317 e. The SMILES string of the molecule is CC.CC1(CC#N)CCNCC1. The van der Waals surface area contributed by atoms with Crippen LogP contribution in [0.2, 0.25) is 0 Å². The molecule has 1 rings (SSSR count). The molecule has 0 aromatic rings. The van der Waals surface area contributed by atoms with Crippen LogP contribution in [0.25, 0.3) is 0 Å². The highest BCUT2D eigenvalue weighted by Gasteiger charge is 2.25. The van der Waals surface area contributed by atoms with Crippen LogP contribution in [-0.2, 0) is 0 Å². The Morgan fingerprint density at radius 3 is 2.25 bits per heavy atom. The van der Waals surface area contributed by atoms with Crippen LogP contribution in [0.15, 0.2) is 0 Å². The van der Waals surface area contributed by atoms with Crippen LogP contribution >= 0.6 is 0 Å². The molecule has 1 aliphatic heterocycles. The summed E-state index contributed by atoms with van der Waals surface area (Å²) in [5.74, 6) is 0. The number of hydrogen-bond acceptors (Lipinski definition) is 2. The molecule has 1 heterocycles. The van der Waals surface area contributed by atoms with Crippen LogP contribution in [0.3, 0.4) is 0 Å². The third-order valence-corrected chi connectivity index (χ3v) is 2.32. The summed E-state index contributed by atoms with van der Waals surface area (Å²) in [6, 6.07) is 2.25. The van der Waals surface area contributed by atoms with Gasteiger partial charge in [0, 0.05) is 6.42 Å². The smallest absolute Gasteiger partial charge is 0.0627 e. The summed E-state index contributed by atoms with van der Waals surface area (Å²) >= 11 is 0. The average Bonchev–Trinajstić information content (AvgIpc) is 2.09. The quantitative estimate of drug-likeness (QED) is 0.652. The summed E-state index contributed by atoms with van der Waals surface area (Å²) in [6.07, 6.45) is 3.02. The van der Waals surface area contributed by atoms with E-state index in [9.17, 15) is 0 Å². The Kier molecular flexibility index (Phi) is 5.74. The van der Waals surface area contributed by atoms with Crippen LogP contribution in [0.1, 0.15) is 40.0 Å². The average molecular weight is 168 g/mol. The van der Waals surface area contributed by atoms with Gasteiger partial charge in [0.05, 0.1) is 6.07 Å². The molecule has 0 unspecified atom stereocenters. The molecule has 1 aliphatic rings. The van der Waals surface area contributed by atoms with Gasteiger partial charge < -0.3 is 5.32 Å². The normalized spacial score (nSPS) is 20.2. The molecule has 0 aromatic heterocycles. The summed E-state index contributed by atoms with van der Waals surface area (Å²) in [6.45, 7) is 8.37. The fraction of sp³-hybridized carbons (Fsp3) is 0.900. The first kappa shape index (κ1) is 11.4. The summed E-state index contributed by atoms with van der Waals surface area (Å²) in [4.78, 5) is 0. The molecule has 0 spiro atoms. The van der Waals surface area contributed by atoms with Crippen molar-refractivity contribution in [2.75, 3.05) is 13.1 Å². The maximum absolute atomic E-state index is 8.51. The van der Waals surface area contributed by atoms with Crippen molar-refractivity contribution in [3.05, 3.63) is 0 Å². The maximum atomic E-state index is 8.51. The zero-order chi connectivity index (χ0) is 9.45. The molecule has 70 valence electrons. The maximum Gasteiger partial charge on any atom is 0.0627 e. The Labute approximate surface area is 76.0 Å². The first-order chi connectivity index (χ1) is 5.77. The van der Waals surface area contributed by atoms with Crippen molar-refractivity contribution in [2.24, 2.45) is 5.41 Å². The lowest BCUT2D eigenvalue weighted by Crippen LogP contribution is -2.34. The van der Waals surface area contributed by atoms with Gasteiger partial charge in [-0.3, -0.25) is 0 Å². The Hall–Kier alpha value is -0.550. The van der Waals surface area contributed by atoms with E-state index in [2.05, 4.69) is 18.3 Å². The van der Waals surface area contributed by atoms with Crippen molar-refractivity contribution in [2.45, 2.75) is 40.0 Å². The van der Waals surface area contributed by atoms with Gasteiger partial charge in [-0.05, 0) is 31.3 Å². The van der Waals surface area contributed by atoms with Crippen LogP contribution in [0.5, 0.6) is 0 Å². The van der Waals surface area contributed by atoms with Gasteiger partial charge in [-0.1, -0.05) is 20.8 Å². The van der Waals surface area contributed by atoms with Gasteiger partial charge in [-0.25, -0.2) is 0 Å². The fourth-order valence-electron chi connectivity index (χ4n) is 1.40. The first-order valence-corrected chi connectivity index (χ1v) is 4.84. The Morgan fingerprint density at radius 1 is 1.33 bits per heavy atom. The van der Waals surface area contributed by atoms with Gasteiger partial charge in [0.1, 0.15) is 0 Å². The molecule has 0 atom stereocenters. The van der Waals surface area contributed by atoms with E-state index in [1.54, 1.807) is 0 Å². The summed E-state index contributed by atoms with van der Waals surface area (Å²) in [5.41, 5.74) is 0.306. The lowest BCUT2D eigenvalue weighted by molar-refractivity contribution is 0.235. The second-order valence-electron chi connectivity index (χ2n) is 3.40. The van der Waals surface area contributed by atoms with E-state index in [-0.39, 0.29) is 0 Å². The Morgan fingerprint density at radius 2 is 1.83 bits per heavy atom. The van der Waals surface area contributed by atoms with Crippen LogP contribution in [0.4, 0.5) is 0 Å². The molecule has 1 fully saturated rings. The van der Waals surface area contributed by atoms with Crippen LogP contribution in [0, 0.1) is 16.7 Å². The highest BCUT2D eigenvalue weighted by Crippen LogP contribution is 2.30. The monoisotopic (exact) mass is 168 g/mol. The van der Waals surface area contributed by atoms with E-state index in [0.29, 0.717) is 11.8 Å². The summed E-state index contributed by atoms with van der Waals surface area (Å²) < 4.78 is 0. The van der Waals surface area contributed by atoms with Gasteiger partial charge in [0.25, 0.3) is 0 Å². The van der Waals surface area contributed by atoms with E-state index in [1.165, 1.54) is 0 Å². The molecule has 1 saturated heterocycles. The minimum atomic E-state index is 0.306. The highest BCUT2D eigenvalue weighted by atomic mass is 14.9. The molecule has 0 bridgehead atoms. The summed E-state index contributed by atoms with van der Waals surface area (Å²) in [7, 11) is 0. The van der Waals surface area contributed by atoms with Crippen molar-refractivity contribution < 1.29 is 0 Å². The molecule has 12 heavy (non-hydrogen) atoms. The lowest BCUT2D eigenvalue weighted by atomic mass is 9.79. The molecular weight excluding hydrogens is 148 g/mol. The second kappa shape index (κ2) is 6.02. The number of piperidine rings is 1. The second-order valence-corrected chi connectivity index (χ2v) is 3.40. The van der Waals surface area contributed by atoms with Gasteiger partial charge in [-0.15, -0.1) is 0 Å². The minimum Gasteiger partial charge on any atom is -0.317 e. The standard InChI is InChI=1S/C8H14N2.C2H6/c1-8(2-5-9)3-6-10-7-4-8;1-2/h10H,2-4,6-7H2,1H3;1-2H3. The van der Waals surface area contributed by atoms with Gasteiger partial charge in [0.15, 0.2) is 0 Å². The summed E-state index contributed by atoms with van der Waals surface area (Å²) in [5, 5.41) is 11.8. The molecule has 0 aliphatic carbocycles. The zero-order valence-corrected chi connectivity index (χ0v) is 8.48. The van der Waals surface area contributed by atoms with Crippen LogP contribution in [-0.4, -0.2) is 13.1 Å². The fourth-order valence-corrected chi connectivity index (χ4v) is 1.40. The van der Waals surface area contributed by atoms with E-state index in [1.807, 2.05) is 13.8 Å². The molecule has 0 saturated carbocycles. The van der Waals surface area contributed by atoms with Crippen LogP contribution < -0.4 is 5.32 Å². The van der Waals surface area contributed by atoms with E-state index in [0.717, 1.165) is 25.9 Å². The number of hydrogen-bond donors (Lipinski definition) is 1. The molecule has 0 radical (unpaired) electrons. The molecular formula is C10H20N2. The highest BCUT2D eigenvalue weighted by molar-refractivity contribution is 4.88. The molecule has 0 aromatic carbocycles. The molecule has 2 nitrogen and oxygen atoms in total. The number of nitrogens with one attached hydrogen (secondary N) is 1. The van der Waals surface area contributed by atoms with Gasteiger partial charge in [-0.2, -0.15) is 5.26 Å². The van der Waals surface area contributed by atoms with Crippen molar-refractivity contribution in [3.8, 4) is 6.07 Å². The molecule has 2 heteroatoms. The molecule has 0 amide bonds. The van der Waals surface area contributed by atoms with Crippen molar-refractivity contribution >= 4 is 0 Å². The van der Waals surface area contributed by atoms with Crippen molar-refractivity contribution in [1.29, 1.82) is 5.26 Å².